The molecule has 5 atom stereocenters. The fraction of sp³-hybridized carbons (Fsp3) is 0.728. The Hall–Kier alpha value is -4.28. The number of ether oxygens (including phenoxy) is 4. The van der Waals surface area contributed by atoms with E-state index in [4.69, 9.17) is 37.0 Å². The molecule has 0 aliphatic heterocycles. The van der Waals surface area contributed by atoms with Gasteiger partial charge < -0.3 is 33.8 Å². The number of hydrogen-bond donors (Lipinski definition) is 3. The predicted molar refractivity (Wildman–Crippen MR) is 408 cm³/mol. The maximum atomic E-state index is 13.1. The molecule has 17 nitrogen and oxygen atoms in total. The van der Waals surface area contributed by atoms with E-state index in [0.29, 0.717) is 32.1 Å². The lowest BCUT2D eigenvalue weighted by Crippen LogP contribution is -2.30. The Morgan fingerprint density at radius 2 is 0.540 bits per heavy atom. The van der Waals surface area contributed by atoms with Crippen LogP contribution in [0.25, 0.3) is 0 Å². The number of allylic oxidation sites excluding steroid dienone is 18. The summed E-state index contributed by atoms with van der Waals surface area (Å²) >= 11 is 0. The van der Waals surface area contributed by atoms with Crippen LogP contribution < -0.4 is 0 Å². The van der Waals surface area contributed by atoms with Gasteiger partial charge in [0.1, 0.15) is 19.3 Å². The van der Waals surface area contributed by atoms with Crippen LogP contribution in [0.15, 0.2) is 109 Å². The lowest BCUT2D eigenvalue weighted by atomic mass is 10.0. The second kappa shape index (κ2) is 73.0. The number of carbonyl (C=O) groups is 4. The zero-order valence-electron chi connectivity index (χ0n) is 62.8. The van der Waals surface area contributed by atoms with Crippen molar-refractivity contribution in [1.29, 1.82) is 0 Å². The molecule has 0 radical (unpaired) electrons. The topological polar surface area (TPSA) is 237 Å². The van der Waals surface area contributed by atoms with Crippen LogP contribution in [-0.4, -0.2) is 96.7 Å². The highest BCUT2D eigenvalue weighted by Gasteiger charge is 2.30. The van der Waals surface area contributed by atoms with E-state index in [1.807, 2.05) is 18.2 Å². The van der Waals surface area contributed by atoms with Crippen molar-refractivity contribution in [3.05, 3.63) is 109 Å². The molecular weight excluding hydrogens is 1310 g/mol. The molecule has 0 aromatic rings. The standard InChI is InChI=1S/C81H140O17P2/c1-5-9-13-17-21-25-29-33-35-36-37-38-40-43-46-50-54-58-62-66-79(84)92-72-77(98-81(86)68-64-60-56-52-48-44-39-34-30-26-22-18-14-10-6-2)74-96-100(89,90)94-70-75(82)69-93-99(87,88)95-73-76(97-80(85)67-63-59-55-51-47-42-32-28-24-20-16-12-8-4)71-91-78(83)65-61-57-53-49-45-41-31-27-23-19-15-11-7-3/h9,13,21-22,25-27,31,33-35,37-39,43,46,54,58,75-77,82H,5-8,10-12,14-20,23-24,28-30,32,36,40-42,44-45,47-53,55-57,59-74H2,1-4H3,(H,87,88)(H,89,90)/b13-9-,25-21-,26-22-,31-27-,35-33-,38-37-,39-34-,46-43-,58-54-. The van der Waals surface area contributed by atoms with E-state index in [0.717, 1.165) is 141 Å². The van der Waals surface area contributed by atoms with E-state index in [2.05, 4.69) is 119 Å². The normalized spacial score (nSPS) is 14.5. The van der Waals surface area contributed by atoms with Gasteiger partial charge >= 0.3 is 39.5 Å². The molecule has 0 aromatic heterocycles. The Kier molecular flexibility index (Phi) is 69.9. The molecule has 100 heavy (non-hydrogen) atoms. The van der Waals surface area contributed by atoms with Crippen LogP contribution in [0.4, 0.5) is 0 Å². The molecule has 0 saturated carbocycles. The molecule has 0 amide bonds. The first-order valence-electron chi connectivity index (χ1n) is 39.1. The lowest BCUT2D eigenvalue weighted by molar-refractivity contribution is -0.161. The predicted octanol–water partition coefficient (Wildman–Crippen LogP) is 22.6. The summed E-state index contributed by atoms with van der Waals surface area (Å²) in [6, 6.07) is 0. The number of aliphatic hydroxyl groups is 1. The molecule has 0 aromatic carbocycles. The number of esters is 4. The second-order valence-electron chi connectivity index (χ2n) is 25.9. The molecule has 576 valence electrons. The summed E-state index contributed by atoms with van der Waals surface area (Å²) in [4.78, 5) is 72.9. The van der Waals surface area contributed by atoms with Gasteiger partial charge in [0.05, 0.1) is 26.4 Å². The Bertz CT molecular complexity index is 2320. The Labute approximate surface area is 607 Å². The molecule has 3 N–H and O–H groups in total. The summed E-state index contributed by atoms with van der Waals surface area (Å²) in [5.41, 5.74) is 0. The molecular formula is C81H140O17P2. The minimum Gasteiger partial charge on any atom is -0.462 e. The molecule has 0 saturated heterocycles. The third kappa shape index (κ3) is 72.1. The number of carbonyl (C=O) groups excluding carboxylic acids is 4. The van der Waals surface area contributed by atoms with Crippen LogP contribution in [0.5, 0.6) is 0 Å². The van der Waals surface area contributed by atoms with Gasteiger partial charge in [-0.25, -0.2) is 9.13 Å². The first-order valence-corrected chi connectivity index (χ1v) is 42.1. The summed E-state index contributed by atoms with van der Waals surface area (Å²) < 4.78 is 68.4. The fourth-order valence-electron chi connectivity index (χ4n) is 10.3. The quantitative estimate of drug-likeness (QED) is 0.0169. The average molecular weight is 1450 g/mol. The lowest BCUT2D eigenvalue weighted by Gasteiger charge is -2.21. The minimum atomic E-state index is -4.99. The molecule has 0 spiro atoms. The summed E-state index contributed by atoms with van der Waals surface area (Å²) in [6.45, 7) is 4.63. The number of unbranched alkanes of at least 4 members (excludes halogenated alkanes) is 29. The SMILES string of the molecule is CC/C=C\C/C=C\C/C=C\C/C=C\C/C=C\C/C=C\CCC(=O)OCC(COP(=O)(O)OCC(O)COP(=O)(O)OCC(COC(=O)CCCCCCC/C=C\CCCCCC)OC(=O)CCCCCCCCCCCCCCC)OC(=O)CCCCCCC/C=C\C/C=C\CCCCC. The van der Waals surface area contributed by atoms with E-state index < -0.39 is 97.5 Å². The van der Waals surface area contributed by atoms with Crippen LogP contribution in [-0.2, 0) is 65.4 Å². The molecule has 0 fully saturated rings. The first kappa shape index (κ1) is 95.7. The number of phosphoric acid groups is 2. The van der Waals surface area contributed by atoms with Crippen molar-refractivity contribution >= 4 is 39.5 Å². The van der Waals surface area contributed by atoms with Crippen LogP contribution in [0.2, 0.25) is 0 Å². The van der Waals surface area contributed by atoms with Gasteiger partial charge in [0.2, 0.25) is 0 Å². The maximum absolute atomic E-state index is 13.1. The summed E-state index contributed by atoms with van der Waals surface area (Å²) in [7, 11) is -9.97. The third-order valence-corrected chi connectivity index (χ3v) is 18.1. The zero-order chi connectivity index (χ0) is 73.2. The minimum absolute atomic E-state index is 0.0321. The molecule has 0 bridgehead atoms. The van der Waals surface area contributed by atoms with E-state index in [9.17, 15) is 43.2 Å². The summed E-state index contributed by atoms with van der Waals surface area (Å²) in [6.07, 6.45) is 78.0. The van der Waals surface area contributed by atoms with Gasteiger partial charge in [-0.1, -0.05) is 285 Å². The van der Waals surface area contributed by atoms with E-state index in [1.54, 1.807) is 0 Å². The van der Waals surface area contributed by atoms with Crippen LogP contribution in [0, 0.1) is 0 Å². The van der Waals surface area contributed by atoms with Gasteiger partial charge in [-0.2, -0.15) is 0 Å². The maximum Gasteiger partial charge on any atom is 0.472 e. The van der Waals surface area contributed by atoms with Gasteiger partial charge in [0, 0.05) is 25.7 Å². The number of rotatable bonds is 73. The van der Waals surface area contributed by atoms with Gasteiger partial charge in [-0.05, 0) is 122 Å². The van der Waals surface area contributed by atoms with E-state index in [1.165, 1.54) is 96.3 Å². The van der Waals surface area contributed by atoms with Crippen LogP contribution >= 0.6 is 15.6 Å². The highest BCUT2D eigenvalue weighted by atomic mass is 31.2. The van der Waals surface area contributed by atoms with E-state index >= 15 is 0 Å². The van der Waals surface area contributed by atoms with Crippen molar-refractivity contribution in [2.75, 3.05) is 39.6 Å². The van der Waals surface area contributed by atoms with Crippen LogP contribution in [0.3, 0.4) is 0 Å². The van der Waals surface area contributed by atoms with Crippen molar-refractivity contribution in [2.24, 2.45) is 0 Å². The van der Waals surface area contributed by atoms with E-state index in [-0.39, 0.29) is 25.7 Å². The summed E-state index contributed by atoms with van der Waals surface area (Å²) in [5.74, 6) is -2.28. The number of aliphatic hydroxyl groups excluding tert-OH is 1. The van der Waals surface area contributed by atoms with Gasteiger partial charge in [-0.3, -0.25) is 37.3 Å². The highest BCUT2D eigenvalue weighted by molar-refractivity contribution is 7.47. The smallest absolute Gasteiger partial charge is 0.462 e. The number of phosphoric ester groups is 2. The van der Waals surface area contributed by atoms with Crippen molar-refractivity contribution in [2.45, 2.75) is 341 Å². The van der Waals surface area contributed by atoms with Crippen molar-refractivity contribution < 1.29 is 80.2 Å². The van der Waals surface area contributed by atoms with Crippen molar-refractivity contribution in [3.63, 3.8) is 0 Å². The molecule has 5 unspecified atom stereocenters. The molecule has 0 aliphatic rings. The van der Waals surface area contributed by atoms with Gasteiger partial charge in [0.15, 0.2) is 12.2 Å². The van der Waals surface area contributed by atoms with Crippen molar-refractivity contribution in [1.82, 2.24) is 0 Å². The largest absolute Gasteiger partial charge is 0.472 e. The zero-order valence-corrected chi connectivity index (χ0v) is 64.6. The monoisotopic (exact) mass is 1450 g/mol. The molecule has 19 heteroatoms. The Morgan fingerprint density at radius 3 is 0.900 bits per heavy atom. The second-order valence-corrected chi connectivity index (χ2v) is 28.8. The fourth-order valence-corrected chi connectivity index (χ4v) is 11.9. The highest BCUT2D eigenvalue weighted by Crippen LogP contribution is 2.45. The Morgan fingerprint density at radius 1 is 0.290 bits per heavy atom. The molecule has 0 rings (SSSR count). The van der Waals surface area contributed by atoms with Gasteiger partial charge in [0.25, 0.3) is 0 Å². The Balaban J connectivity index is 5.42. The molecule has 0 heterocycles. The van der Waals surface area contributed by atoms with Crippen LogP contribution in [0.1, 0.15) is 323 Å². The average Bonchev–Trinajstić information content (AvgIpc) is 0.946. The van der Waals surface area contributed by atoms with Gasteiger partial charge in [-0.15, -0.1) is 0 Å². The number of hydrogen-bond acceptors (Lipinski definition) is 15. The summed E-state index contributed by atoms with van der Waals surface area (Å²) in [5, 5.41) is 10.6. The van der Waals surface area contributed by atoms with Crippen molar-refractivity contribution in [3.8, 4) is 0 Å². The first-order chi connectivity index (χ1) is 48.7. The molecule has 0 aliphatic carbocycles. The third-order valence-electron chi connectivity index (χ3n) is 16.2.